The Morgan fingerprint density at radius 2 is 2.31 bits per heavy atom. The van der Waals surface area contributed by atoms with Gasteiger partial charge in [-0.2, -0.15) is 0 Å². The second-order valence-corrected chi connectivity index (χ2v) is 4.44. The van der Waals surface area contributed by atoms with Crippen LogP contribution in [0.25, 0.3) is 0 Å². The Morgan fingerprint density at radius 3 is 2.81 bits per heavy atom. The Morgan fingerprint density at radius 1 is 1.56 bits per heavy atom. The van der Waals surface area contributed by atoms with Gasteiger partial charge in [0.05, 0.1) is 0 Å². The van der Waals surface area contributed by atoms with E-state index in [1.165, 1.54) is 19.3 Å². The van der Waals surface area contributed by atoms with Crippen LogP contribution in [0.2, 0.25) is 0 Å². The molecule has 0 spiro atoms. The number of amides is 1. The normalized spacial score (nSPS) is 15.9. The molecule has 1 amide bonds. The summed E-state index contributed by atoms with van der Waals surface area (Å²) in [5.41, 5.74) is 0. The summed E-state index contributed by atoms with van der Waals surface area (Å²) < 4.78 is 0. The summed E-state index contributed by atoms with van der Waals surface area (Å²) in [7, 11) is 1.82. The summed E-state index contributed by atoms with van der Waals surface area (Å²) in [5, 5.41) is 6.70. The molecule has 1 aromatic rings. The van der Waals surface area contributed by atoms with Crippen LogP contribution in [0.15, 0.2) is 0 Å². The van der Waals surface area contributed by atoms with Crippen molar-refractivity contribution in [2.24, 2.45) is 5.92 Å². The molecule has 1 aliphatic rings. The molecule has 1 N–H and O–H groups in total. The van der Waals surface area contributed by atoms with Crippen molar-refractivity contribution in [1.29, 1.82) is 0 Å². The summed E-state index contributed by atoms with van der Waals surface area (Å²) in [5.74, 6) is 1.65. The lowest BCUT2D eigenvalue weighted by atomic mass is 9.85. The molecule has 0 unspecified atom stereocenters. The molecular weight excluding hydrogens is 204 g/mol. The first kappa shape index (κ1) is 11.1. The molecule has 88 valence electrons. The van der Waals surface area contributed by atoms with Crippen molar-refractivity contribution in [3.8, 4) is 0 Å². The first-order valence-electron chi connectivity index (χ1n) is 5.87. The molecule has 0 radical (unpaired) electrons. The van der Waals surface area contributed by atoms with E-state index in [9.17, 15) is 4.79 Å². The van der Waals surface area contributed by atoms with Gasteiger partial charge in [-0.1, -0.05) is 13.3 Å². The molecule has 0 aliphatic heterocycles. The molecule has 0 saturated heterocycles. The molecule has 16 heavy (non-hydrogen) atoms. The second kappa shape index (κ2) is 4.63. The van der Waals surface area contributed by atoms with Crippen molar-refractivity contribution >= 4 is 5.91 Å². The highest BCUT2D eigenvalue weighted by Gasteiger charge is 2.23. The van der Waals surface area contributed by atoms with Crippen LogP contribution in [-0.2, 0) is 6.42 Å². The van der Waals surface area contributed by atoms with E-state index < -0.39 is 0 Å². The fourth-order valence-electron chi connectivity index (χ4n) is 1.87. The minimum Gasteiger partial charge on any atom is -0.339 e. The number of aryl methyl sites for hydroxylation is 1. The summed E-state index contributed by atoms with van der Waals surface area (Å²) >= 11 is 0. The van der Waals surface area contributed by atoms with E-state index in [0.717, 1.165) is 18.8 Å². The van der Waals surface area contributed by atoms with E-state index in [0.29, 0.717) is 11.7 Å². The zero-order chi connectivity index (χ0) is 11.5. The second-order valence-electron chi connectivity index (χ2n) is 4.44. The van der Waals surface area contributed by atoms with E-state index >= 15 is 0 Å². The van der Waals surface area contributed by atoms with Crippen molar-refractivity contribution in [2.75, 3.05) is 13.6 Å². The van der Waals surface area contributed by atoms with Crippen LogP contribution in [-0.4, -0.2) is 39.6 Å². The maximum Gasteiger partial charge on any atom is 0.293 e. The van der Waals surface area contributed by atoms with Gasteiger partial charge < -0.3 is 4.90 Å². The van der Waals surface area contributed by atoms with Gasteiger partial charge in [0.2, 0.25) is 5.82 Å². The first-order valence-corrected chi connectivity index (χ1v) is 5.87. The number of H-pyrrole nitrogens is 1. The Hall–Kier alpha value is -1.39. The van der Waals surface area contributed by atoms with Crippen LogP contribution in [0.3, 0.4) is 0 Å². The van der Waals surface area contributed by atoms with Crippen LogP contribution < -0.4 is 0 Å². The van der Waals surface area contributed by atoms with Crippen molar-refractivity contribution in [2.45, 2.75) is 32.6 Å². The molecule has 1 aliphatic carbocycles. The van der Waals surface area contributed by atoms with E-state index in [-0.39, 0.29) is 5.91 Å². The number of aromatic amines is 1. The van der Waals surface area contributed by atoms with Gasteiger partial charge in [-0.05, 0) is 18.8 Å². The molecule has 0 bridgehead atoms. The average molecular weight is 222 g/mol. The summed E-state index contributed by atoms with van der Waals surface area (Å²) in [6, 6.07) is 0. The Kier molecular flexibility index (Phi) is 3.22. The standard InChI is InChI=1S/C11H18N4O/c1-3-9-12-10(14-13-9)11(16)15(2)7-8-5-4-6-8/h8H,3-7H2,1-2H3,(H,12,13,14). The topological polar surface area (TPSA) is 61.9 Å². The summed E-state index contributed by atoms with van der Waals surface area (Å²) in [6.07, 6.45) is 4.55. The molecule has 1 heterocycles. The third kappa shape index (κ3) is 2.23. The van der Waals surface area contributed by atoms with Crippen LogP contribution >= 0.6 is 0 Å². The van der Waals surface area contributed by atoms with Crippen molar-refractivity contribution in [3.63, 3.8) is 0 Å². The van der Waals surface area contributed by atoms with Crippen molar-refractivity contribution < 1.29 is 4.79 Å². The molecule has 0 atom stereocenters. The van der Waals surface area contributed by atoms with Crippen LogP contribution in [0, 0.1) is 5.92 Å². The SMILES string of the molecule is CCc1nc(C(=O)N(C)CC2CCC2)n[nH]1. The summed E-state index contributed by atoms with van der Waals surface area (Å²) in [4.78, 5) is 17.8. The number of aromatic nitrogens is 3. The van der Waals surface area contributed by atoms with Gasteiger partial charge in [-0.3, -0.25) is 9.89 Å². The molecule has 5 nitrogen and oxygen atoms in total. The lowest BCUT2D eigenvalue weighted by molar-refractivity contribution is 0.0733. The van der Waals surface area contributed by atoms with Gasteiger partial charge in [0.25, 0.3) is 5.91 Å². The molecule has 1 saturated carbocycles. The monoisotopic (exact) mass is 222 g/mol. The van der Waals surface area contributed by atoms with Crippen LogP contribution in [0.1, 0.15) is 42.6 Å². The highest BCUT2D eigenvalue weighted by atomic mass is 16.2. The van der Waals surface area contributed by atoms with Crippen molar-refractivity contribution in [3.05, 3.63) is 11.6 Å². The minimum absolute atomic E-state index is 0.0807. The number of nitrogens with zero attached hydrogens (tertiary/aromatic N) is 3. The molecule has 5 heteroatoms. The number of hydrogen-bond acceptors (Lipinski definition) is 3. The zero-order valence-electron chi connectivity index (χ0n) is 9.86. The fourth-order valence-corrected chi connectivity index (χ4v) is 1.87. The molecule has 1 fully saturated rings. The van der Waals surface area contributed by atoms with E-state index in [1.54, 1.807) is 4.90 Å². The Bertz CT molecular complexity index is 370. The van der Waals surface area contributed by atoms with E-state index in [4.69, 9.17) is 0 Å². The lowest BCUT2D eigenvalue weighted by Gasteiger charge is -2.29. The van der Waals surface area contributed by atoms with Crippen LogP contribution in [0.5, 0.6) is 0 Å². The first-order chi connectivity index (χ1) is 7.70. The third-order valence-electron chi connectivity index (χ3n) is 3.16. The molecule has 1 aromatic heterocycles. The minimum atomic E-state index is -0.0807. The number of carbonyl (C=O) groups is 1. The quantitative estimate of drug-likeness (QED) is 0.833. The molecule has 0 aromatic carbocycles. The Balaban J connectivity index is 1.94. The highest BCUT2D eigenvalue weighted by Crippen LogP contribution is 2.26. The third-order valence-corrected chi connectivity index (χ3v) is 3.16. The van der Waals surface area contributed by atoms with E-state index in [1.807, 2.05) is 14.0 Å². The highest BCUT2D eigenvalue weighted by molar-refractivity contribution is 5.90. The van der Waals surface area contributed by atoms with Gasteiger partial charge in [-0.25, -0.2) is 4.98 Å². The van der Waals surface area contributed by atoms with Gasteiger partial charge in [0, 0.05) is 20.0 Å². The number of nitrogens with one attached hydrogen (secondary N) is 1. The largest absolute Gasteiger partial charge is 0.339 e. The van der Waals surface area contributed by atoms with E-state index in [2.05, 4.69) is 15.2 Å². The molecule has 2 rings (SSSR count). The smallest absolute Gasteiger partial charge is 0.293 e. The van der Waals surface area contributed by atoms with Gasteiger partial charge in [0.15, 0.2) is 0 Å². The van der Waals surface area contributed by atoms with Gasteiger partial charge in [0.1, 0.15) is 5.82 Å². The summed E-state index contributed by atoms with van der Waals surface area (Å²) in [6.45, 7) is 2.81. The lowest BCUT2D eigenvalue weighted by Crippen LogP contribution is -2.34. The van der Waals surface area contributed by atoms with Gasteiger partial charge >= 0.3 is 0 Å². The maximum absolute atomic E-state index is 11.9. The number of rotatable bonds is 4. The fraction of sp³-hybridized carbons (Fsp3) is 0.727. The molecular formula is C11H18N4O. The van der Waals surface area contributed by atoms with Crippen molar-refractivity contribution in [1.82, 2.24) is 20.1 Å². The maximum atomic E-state index is 11.9. The predicted molar refractivity (Wildman–Crippen MR) is 60.1 cm³/mol. The average Bonchev–Trinajstić information content (AvgIpc) is 2.70. The van der Waals surface area contributed by atoms with Crippen LogP contribution in [0.4, 0.5) is 0 Å². The number of carbonyl (C=O) groups excluding carboxylic acids is 1. The predicted octanol–water partition coefficient (Wildman–Crippen LogP) is 1.24. The van der Waals surface area contributed by atoms with Gasteiger partial charge in [-0.15, -0.1) is 5.10 Å². The Labute approximate surface area is 95.2 Å². The number of hydrogen-bond donors (Lipinski definition) is 1. The zero-order valence-corrected chi connectivity index (χ0v) is 9.86.